The molecule has 0 spiro atoms. The molecule has 0 aliphatic carbocycles. The van der Waals surface area contributed by atoms with E-state index < -0.39 is 5.54 Å². The van der Waals surface area contributed by atoms with Gasteiger partial charge >= 0.3 is 0 Å². The second-order valence-electron chi connectivity index (χ2n) is 4.06. The molecule has 0 aliphatic heterocycles. The third-order valence-electron chi connectivity index (χ3n) is 2.54. The fraction of sp³-hybridized carbons (Fsp3) is 0.417. The van der Waals surface area contributed by atoms with E-state index >= 15 is 0 Å². The summed E-state index contributed by atoms with van der Waals surface area (Å²) in [5.74, 6) is 0.700. The van der Waals surface area contributed by atoms with Crippen molar-refractivity contribution in [2.75, 3.05) is 19.5 Å². The molecular weight excluding hydrogens is 204 g/mol. The van der Waals surface area contributed by atoms with Crippen molar-refractivity contribution in [2.45, 2.75) is 19.4 Å². The van der Waals surface area contributed by atoms with Crippen LogP contribution in [0.25, 0.3) is 0 Å². The lowest BCUT2D eigenvalue weighted by atomic mass is 10.1. The first-order valence-corrected chi connectivity index (χ1v) is 5.14. The van der Waals surface area contributed by atoms with Crippen LogP contribution in [0.2, 0.25) is 0 Å². The summed E-state index contributed by atoms with van der Waals surface area (Å²) in [6.45, 7) is 3.65. The number of ether oxygens (including phenoxy) is 1. The molecule has 0 unspecified atom stereocenters. The van der Waals surface area contributed by atoms with Crippen molar-refractivity contribution in [1.29, 1.82) is 0 Å². The lowest BCUT2D eigenvalue weighted by Gasteiger charge is -2.22. The monoisotopic (exact) mass is 222 g/mol. The van der Waals surface area contributed by atoms with Crippen LogP contribution in [-0.4, -0.2) is 25.6 Å². The van der Waals surface area contributed by atoms with Gasteiger partial charge in [0.15, 0.2) is 0 Å². The number of carbonyl (C=O) groups excluding carboxylic acids is 1. The van der Waals surface area contributed by atoms with Gasteiger partial charge in [0.2, 0.25) is 5.91 Å². The number of benzene rings is 1. The Morgan fingerprint density at radius 1 is 1.25 bits per heavy atom. The van der Waals surface area contributed by atoms with Gasteiger partial charge in [0.1, 0.15) is 5.75 Å². The van der Waals surface area contributed by atoms with E-state index in [1.54, 1.807) is 14.2 Å². The predicted molar refractivity (Wildman–Crippen MR) is 64.8 cm³/mol. The number of nitrogens with one attached hydrogen (secondary N) is 2. The molecule has 0 saturated heterocycles. The van der Waals surface area contributed by atoms with Gasteiger partial charge in [-0.3, -0.25) is 4.79 Å². The average molecular weight is 222 g/mol. The molecule has 0 saturated carbocycles. The maximum Gasteiger partial charge on any atom is 0.244 e. The van der Waals surface area contributed by atoms with Crippen LogP contribution in [0.15, 0.2) is 24.3 Å². The van der Waals surface area contributed by atoms with Crippen molar-refractivity contribution in [1.82, 2.24) is 5.32 Å². The van der Waals surface area contributed by atoms with Crippen molar-refractivity contribution >= 4 is 11.6 Å². The Bertz CT molecular complexity index is 358. The van der Waals surface area contributed by atoms with Crippen molar-refractivity contribution in [3.05, 3.63) is 24.3 Å². The third kappa shape index (κ3) is 2.97. The SMILES string of the molecule is CNC(C)(C)C(=O)Nc1ccc(OC)cc1. The minimum absolute atomic E-state index is 0.0693. The largest absolute Gasteiger partial charge is 0.497 e. The summed E-state index contributed by atoms with van der Waals surface area (Å²) >= 11 is 0. The molecule has 1 rings (SSSR count). The molecular formula is C12H18N2O2. The summed E-state index contributed by atoms with van der Waals surface area (Å²) in [6, 6.07) is 7.23. The van der Waals surface area contributed by atoms with Crippen molar-refractivity contribution in [3.8, 4) is 5.75 Å². The molecule has 1 aromatic carbocycles. The molecule has 0 fully saturated rings. The fourth-order valence-corrected chi connectivity index (χ4v) is 1.08. The van der Waals surface area contributed by atoms with Gasteiger partial charge in [-0.1, -0.05) is 0 Å². The maximum absolute atomic E-state index is 11.8. The number of carbonyl (C=O) groups is 1. The maximum atomic E-state index is 11.8. The van der Waals surface area contributed by atoms with Gasteiger partial charge in [-0.2, -0.15) is 0 Å². The van der Waals surface area contributed by atoms with Gasteiger partial charge in [0.25, 0.3) is 0 Å². The van der Waals surface area contributed by atoms with E-state index in [1.807, 2.05) is 38.1 Å². The zero-order chi connectivity index (χ0) is 12.2. The summed E-state index contributed by atoms with van der Waals surface area (Å²) in [4.78, 5) is 11.8. The highest BCUT2D eigenvalue weighted by Crippen LogP contribution is 2.16. The molecule has 0 aliphatic rings. The topological polar surface area (TPSA) is 50.4 Å². The Kier molecular flexibility index (Phi) is 3.90. The Labute approximate surface area is 96.0 Å². The van der Waals surface area contributed by atoms with Crippen molar-refractivity contribution < 1.29 is 9.53 Å². The van der Waals surface area contributed by atoms with Crippen LogP contribution < -0.4 is 15.4 Å². The highest BCUT2D eigenvalue weighted by atomic mass is 16.5. The molecule has 4 heteroatoms. The smallest absolute Gasteiger partial charge is 0.244 e. The molecule has 1 amide bonds. The number of anilines is 1. The van der Waals surface area contributed by atoms with Crippen LogP contribution >= 0.6 is 0 Å². The molecule has 0 atom stereocenters. The second kappa shape index (κ2) is 4.99. The Hall–Kier alpha value is -1.55. The van der Waals surface area contributed by atoms with E-state index in [2.05, 4.69) is 10.6 Å². The molecule has 0 aromatic heterocycles. The number of rotatable bonds is 4. The van der Waals surface area contributed by atoms with Gasteiger partial charge < -0.3 is 15.4 Å². The Balaban J connectivity index is 2.70. The summed E-state index contributed by atoms with van der Waals surface area (Å²) in [5.41, 5.74) is 0.175. The first kappa shape index (κ1) is 12.5. The van der Waals surface area contributed by atoms with Gasteiger partial charge in [-0.25, -0.2) is 0 Å². The first-order valence-electron chi connectivity index (χ1n) is 5.14. The summed E-state index contributed by atoms with van der Waals surface area (Å²) < 4.78 is 5.04. The van der Waals surface area contributed by atoms with Gasteiger partial charge in [-0.05, 0) is 45.2 Å². The first-order chi connectivity index (χ1) is 7.49. The molecule has 1 aromatic rings. The zero-order valence-electron chi connectivity index (χ0n) is 10.1. The Morgan fingerprint density at radius 2 is 1.81 bits per heavy atom. The van der Waals surface area contributed by atoms with E-state index in [0.29, 0.717) is 0 Å². The average Bonchev–Trinajstić information content (AvgIpc) is 2.30. The second-order valence-corrected chi connectivity index (χ2v) is 4.06. The predicted octanol–water partition coefficient (Wildman–Crippen LogP) is 1.63. The van der Waals surface area contributed by atoms with E-state index in [4.69, 9.17) is 4.74 Å². The van der Waals surface area contributed by atoms with Gasteiger partial charge in [0, 0.05) is 5.69 Å². The molecule has 16 heavy (non-hydrogen) atoms. The molecule has 0 bridgehead atoms. The van der Waals surface area contributed by atoms with Crippen LogP contribution in [0.5, 0.6) is 5.75 Å². The van der Waals surface area contributed by atoms with Gasteiger partial charge in [-0.15, -0.1) is 0 Å². The minimum Gasteiger partial charge on any atom is -0.497 e. The lowest BCUT2D eigenvalue weighted by molar-refractivity contribution is -0.121. The summed E-state index contributed by atoms with van der Waals surface area (Å²) in [7, 11) is 3.37. The molecule has 2 N–H and O–H groups in total. The number of hydrogen-bond acceptors (Lipinski definition) is 3. The van der Waals surface area contributed by atoms with E-state index in [-0.39, 0.29) is 5.91 Å². The van der Waals surface area contributed by atoms with Crippen molar-refractivity contribution in [3.63, 3.8) is 0 Å². The quantitative estimate of drug-likeness (QED) is 0.814. The van der Waals surface area contributed by atoms with Crippen LogP contribution in [0.1, 0.15) is 13.8 Å². The zero-order valence-corrected chi connectivity index (χ0v) is 10.1. The van der Waals surface area contributed by atoms with Crippen LogP contribution in [0, 0.1) is 0 Å². The normalized spacial score (nSPS) is 11.0. The third-order valence-corrected chi connectivity index (χ3v) is 2.54. The molecule has 4 nitrogen and oxygen atoms in total. The van der Waals surface area contributed by atoms with Gasteiger partial charge in [0.05, 0.1) is 12.6 Å². The molecule has 88 valence electrons. The number of amides is 1. The Morgan fingerprint density at radius 3 is 2.25 bits per heavy atom. The standard InChI is InChI=1S/C12H18N2O2/c1-12(2,13-3)11(15)14-9-5-7-10(16-4)8-6-9/h5-8,13H,1-4H3,(H,14,15). The lowest BCUT2D eigenvalue weighted by Crippen LogP contribution is -2.47. The molecule has 0 radical (unpaired) electrons. The van der Waals surface area contributed by atoms with E-state index in [1.165, 1.54) is 0 Å². The van der Waals surface area contributed by atoms with Crippen molar-refractivity contribution in [2.24, 2.45) is 0 Å². The van der Waals surface area contributed by atoms with Crippen LogP contribution in [0.3, 0.4) is 0 Å². The molecule has 0 heterocycles. The summed E-state index contributed by atoms with van der Waals surface area (Å²) in [5, 5.41) is 5.77. The van der Waals surface area contributed by atoms with E-state index in [0.717, 1.165) is 11.4 Å². The number of likely N-dealkylation sites (N-methyl/N-ethyl adjacent to an activating group) is 1. The number of hydrogen-bond donors (Lipinski definition) is 2. The van der Waals surface area contributed by atoms with Crippen LogP contribution in [0.4, 0.5) is 5.69 Å². The number of methoxy groups -OCH3 is 1. The summed E-state index contributed by atoms with van der Waals surface area (Å²) in [6.07, 6.45) is 0. The highest BCUT2D eigenvalue weighted by Gasteiger charge is 2.24. The minimum atomic E-state index is -0.583. The fourth-order valence-electron chi connectivity index (χ4n) is 1.08. The highest BCUT2D eigenvalue weighted by molar-refractivity contribution is 5.97. The van der Waals surface area contributed by atoms with Crippen LogP contribution in [-0.2, 0) is 4.79 Å². The van der Waals surface area contributed by atoms with E-state index in [9.17, 15) is 4.79 Å².